The standard InChI is InChI=1S/C21H23N5O2S/c1-2-4-18-20(21(28)23-15-6-7-15)24-25-26(18)16-10-8-14(9-11-16)22-19(27)13-17-5-3-12-29-17/h3,5,8-12,15H,2,4,6-7,13H2,1H3,(H,22,27)(H,23,28). The first-order valence-corrected chi connectivity index (χ1v) is 10.7. The lowest BCUT2D eigenvalue weighted by Gasteiger charge is -2.09. The summed E-state index contributed by atoms with van der Waals surface area (Å²) >= 11 is 1.57. The van der Waals surface area contributed by atoms with E-state index in [4.69, 9.17) is 0 Å². The minimum atomic E-state index is -0.153. The van der Waals surface area contributed by atoms with Crippen molar-refractivity contribution in [2.45, 2.75) is 45.1 Å². The maximum atomic E-state index is 12.5. The number of nitrogens with zero attached hydrogens (tertiary/aromatic N) is 3. The molecule has 4 rings (SSSR count). The molecule has 0 unspecified atom stereocenters. The van der Waals surface area contributed by atoms with Crippen LogP contribution in [0.2, 0.25) is 0 Å². The topological polar surface area (TPSA) is 88.9 Å². The molecule has 2 N–H and O–H groups in total. The largest absolute Gasteiger partial charge is 0.348 e. The summed E-state index contributed by atoms with van der Waals surface area (Å²) in [6.45, 7) is 2.06. The first-order valence-electron chi connectivity index (χ1n) is 9.82. The third-order valence-corrected chi connectivity index (χ3v) is 5.56. The molecule has 2 heterocycles. The molecule has 1 aliphatic carbocycles. The molecular formula is C21H23N5O2S. The van der Waals surface area contributed by atoms with E-state index >= 15 is 0 Å². The Morgan fingerprint density at radius 3 is 2.66 bits per heavy atom. The van der Waals surface area contributed by atoms with Gasteiger partial charge >= 0.3 is 0 Å². The first kappa shape index (κ1) is 19.3. The zero-order valence-electron chi connectivity index (χ0n) is 16.2. The van der Waals surface area contributed by atoms with Crippen LogP contribution in [-0.2, 0) is 17.6 Å². The van der Waals surface area contributed by atoms with Crippen LogP contribution in [0, 0.1) is 0 Å². The second-order valence-corrected chi connectivity index (χ2v) is 8.18. The van der Waals surface area contributed by atoms with Gasteiger partial charge in [-0.1, -0.05) is 24.6 Å². The van der Waals surface area contributed by atoms with E-state index in [1.54, 1.807) is 16.0 Å². The van der Waals surface area contributed by atoms with Crippen molar-refractivity contribution < 1.29 is 9.59 Å². The molecule has 0 aliphatic heterocycles. The second kappa shape index (κ2) is 8.57. The van der Waals surface area contributed by atoms with E-state index in [9.17, 15) is 9.59 Å². The van der Waals surface area contributed by atoms with E-state index < -0.39 is 0 Å². The Bertz CT molecular complexity index is 991. The van der Waals surface area contributed by atoms with Crippen LogP contribution in [0.25, 0.3) is 5.69 Å². The van der Waals surface area contributed by atoms with Gasteiger partial charge in [0, 0.05) is 16.6 Å². The maximum Gasteiger partial charge on any atom is 0.273 e. The zero-order chi connectivity index (χ0) is 20.2. The van der Waals surface area contributed by atoms with Crippen LogP contribution in [-0.4, -0.2) is 32.9 Å². The molecule has 29 heavy (non-hydrogen) atoms. The van der Waals surface area contributed by atoms with E-state index in [1.165, 1.54) is 0 Å². The van der Waals surface area contributed by atoms with Crippen molar-refractivity contribution in [3.63, 3.8) is 0 Å². The van der Waals surface area contributed by atoms with Crippen molar-refractivity contribution in [1.29, 1.82) is 0 Å². The number of aromatic nitrogens is 3. The Balaban J connectivity index is 1.48. The number of hydrogen-bond acceptors (Lipinski definition) is 5. The molecule has 0 spiro atoms. The Morgan fingerprint density at radius 2 is 2.00 bits per heavy atom. The Kier molecular flexibility index (Phi) is 5.71. The number of carbonyl (C=O) groups excluding carboxylic acids is 2. The summed E-state index contributed by atoms with van der Waals surface area (Å²) in [7, 11) is 0. The lowest BCUT2D eigenvalue weighted by molar-refractivity contribution is -0.115. The highest BCUT2D eigenvalue weighted by molar-refractivity contribution is 7.10. The Morgan fingerprint density at radius 1 is 1.21 bits per heavy atom. The molecule has 0 atom stereocenters. The van der Waals surface area contributed by atoms with Crippen LogP contribution in [0.5, 0.6) is 0 Å². The van der Waals surface area contributed by atoms with Crippen LogP contribution in [0.1, 0.15) is 47.2 Å². The van der Waals surface area contributed by atoms with Crippen LogP contribution in [0.3, 0.4) is 0 Å². The van der Waals surface area contributed by atoms with Gasteiger partial charge in [0.25, 0.3) is 5.91 Å². The number of amides is 2. The number of benzene rings is 1. The van der Waals surface area contributed by atoms with Crippen LogP contribution < -0.4 is 10.6 Å². The molecule has 0 bridgehead atoms. The number of carbonyl (C=O) groups is 2. The fourth-order valence-corrected chi connectivity index (χ4v) is 3.79. The third kappa shape index (κ3) is 4.71. The van der Waals surface area contributed by atoms with Gasteiger partial charge in [0.1, 0.15) is 0 Å². The van der Waals surface area contributed by atoms with Gasteiger partial charge in [0.15, 0.2) is 5.69 Å². The molecule has 7 nitrogen and oxygen atoms in total. The van der Waals surface area contributed by atoms with Crippen LogP contribution >= 0.6 is 11.3 Å². The van der Waals surface area contributed by atoms with E-state index in [0.29, 0.717) is 18.5 Å². The fourth-order valence-electron chi connectivity index (χ4n) is 3.09. The number of hydrogen-bond donors (Lipinski definition) is 2. The van der Waals surface area contributed by atoms with Crippen molar-refractivity contribution in [2.75, 3.05) is 5.32 Å². The van der Waals surface area contributed by atoms with Gasteiger partial charge in [0.05, 0.1) is 17.8 Å². The summed E-state index contributed by atoms with van der Waals surface area (Å²) in [4.78, 5) is 25.7. The molecule has 2 amide bonds. The number of thiophene rings is 1. The summed E-state index contributed by atoms with van der Waals surface area (Å²) in [6.07, 6.45) is 4.02. The van der Waals surface area contributed by atoms with Crippen LogP contribution in [0.4, 0.5) is 5.69 Å². The van der Waals surface area contributed by atoms with E-state index in [2.05, 4.69) is 27.9 Å². The maximum absolute atomic E-state index is 12.5. The highest BCUT2D eigenvalue weighted by Crippen LogP contribution is 2.21. The molecular weight excluding hydrogens is 386 g/mol. The smallest absolute Gasteiger partial charge is 0.273 e. The van der Waals surface area contributed by atoms with Gasteiger partial charge in [-0.25, -0.2) is 4.68 Å². The van der Waals surface area contributed by atoms with Gasteiger partial charge in [-0.05, 0) is 55.0 Å². The normalized spacial score (nSPS) is 13.3. The number of nitrogens with one attached hydrogen (secondary N) is 2. The van der Waals surface area contributed by atoms with Gasteiger partial charge in [0.2, 0.25) is 5.91 Å². The summed E-state index contributed by atoms with van der Waals surface area (Å²) in [6, 6.07) is 11.6. The van der Waals surface area contributed by atoms with E-state index in [1.807, 2.05) is 41.8 Å². The molecule has 1 saturated carbocycles. The molecule has 150 valence electrons. The minimum absolute atomic E-state index is 0.0494. The molecule has 2 aromatic heterocycles. The average Bonchev–Trinajstić information content (AvgIpc) is 3.19. The molecule has 1 aliphatic rings. The SMILES string of the molecule is CCCc1c(C(=O)NC2CC2)nnn1-c1ccc(NC(=O)Cc2cccs2)cc1. The molecule has 1 fully saturated rings. The molecule has 0 radical (unpaired) electrons. The van der Waals surface area contributed by atoms with Gasteiger partial charge in [-0.3, -0.25) is 9.59 Å². The predicted octanol–water partition coefficient (Wildman–Crippen LogP) is 3.35. The summed E-state index contributed by atoms with van der Waals surface area (Å²) in [5.41, 5.74) is 2.73. The fraction of sp³-hybridized carbons (Fsp3) is 0.333. The van der Waals surface area contributed by atoms with Gasteiger partial charge in [-0.2, -0.15) is 0 Å². The van der Waals surface area contributed by atoms with E-state index in [0.717, 1.165) is 41.2 Å². The summed E-state index contributed by atoms with van der Waals surface area (Å²) in [5.74, 6) is -0.202. The third-order valence-electron chi connectivity index (χ3n) is 4.69. The summed E-state index contributed by atoms with van der Waals surface area (Å²) in [5, 5.41) is 16.2. The van der Waals surface area contributed by atoms with Crippen molar-refractivity contribution in [1.82, 2.24) is 20.3 Å². The van der Waals surface area contributed by atoms with Crippen molar-refractivity contribution in [2.24, 2.45) is 0 Å². The predicted molar refractivity (Wildman–Crippen MR) is 112 cm³/mol. The Hall–Kier alpha value is -3.00. The number of rotatable bonds is 8. The quantitative estimate of drug-likeness (QED) is 0.597. The van der Waals surface area contributed by atoms with Crippen LogP contribution in [0.15, 0.2) is 41.8 Å². The lowest BCUT2D eigenvalue weighted by atomic mass is 10.2. The van der Waals surface area contributed by atoms with E-state index in [-0.39, 0.29) is 17.9 Å². The molecule has 8 heteroatoms. The summed E-state index contributed by atoms with van der Waals surface area (Å²) < 4.78 is 1.71. The lowest BCUT2D eigenvalue weighted by Crippen LogP contribution is -2.27. The zero-order valence-corrected chi connectivity index (χ0v) is 17.0. The van der Waals surface area contributed by atoms with Gasteiger partial charge in [-0.15, -0.1) is 16.4 Å². The van der Waals surface area contributed by atoms with Crippen molar-refractivity contribution >= 4 is 28.8 Å². The number of anilines is 1. The van der Waals surface area contributed by atoms with Crippen molar-refractivity contribution in [3.8, 4) is 5.69 Å². The minimum Gasteiger partial charge on any atom is -0.348 e. The molecule has 1 aromatic carbocycles. The first-order chi connectivity index (χ1) is 14.1. The molecule has 0 saturated heterocycles. The van der Waals surface area contributed by atoms with Gasteiger partial charge < -0.3 is 10.6 Å². The van der Waals surface area contributed by atoms with Crippen molar-refractivity contribution in [3.05, 3.63) is 58.0 Å². The average molecular weight is 410 g/mol. The second-order valence-electron chi connectivity index (χ2n) is 7.15. The highest BCUT2D eigenvalue weighted by atomic mass is 32.1. The monoisotopic (exact) mass is 409 g/mol. The Labute approximate surface area is 173 Å². The highest BCUT2D eigenvalue weighted by Gasteiger charge is 2.27. The molecule has 3 aromatic rings.